The van der Waals surface area contributed by atoms with E-state index in [1.54, 1.807) is 26.0 Å². The van der Waals surface area contributed by atoms with Gasteiger partial charge in [0.1, 0.15) is 103 Å². The fraction of sp³-hybridized carbons (Fsp3) is 0.822. The Morgan fingerprint density at radius 1 is 0.600 bits per heavy atom. The summed E-state index contributed by atoms with van der Waals surface area (Å²) in [4.78, 5) is 41.7. The summed E-state index contributed by atoms with van der Waals surface area (Å²) < 4.78 is 81.7. The Morgan fingerprint density at radius 2 is 1.19 bits per heavy atom. The fourth-order valence-electron chi connectivity index (χ4n) is 20.9. The third-order valence-corrected chi connectivity index (χ3v) is 27.1. The molecule has 32 nitrogen and oxygen atoms in total. The van der Waals surface area contributed by atoms with Gasteiger partial charge in [0.2, 0.25) is 0 Å². The molecular formula is C73H108O32. The van der Waals surface area contributed by atoms with Gasteiger partial charge in [-0.1, -0.05) is 84.9 Å². The van der Waals surface area contributed by atoms with Crippen LogP contribution in [0.2, 0.25) is 0 Å². The van der Waals surface area contributed by atoms with Crippen molar-refractivity contribution >= 4 is 24.0 Å². The minimum Gasteiger partial charge on any atom is -0.479 e. The van der Waals surface area contributed by atoms with E-state index in [2.05, 4.69) is 20.8 Å². The molecule has 0 radical (unpaired) electrons. The van der Waals surface area contributed by atoms with Crippen LogP contribution in [-0.2, 0) is 76.0 Å². The van der Waals surface area contributed by atoms with Gasteiger partial charge in [0.15, 0.2) is 49.9 Å². The standard InChI is InChI=1S/C73H108O32/c1-11-31(2)59(90)104-56-57(98-41(78)18-17-33-15-13-12-14-16-33)73-38(25-66(56,4)5)72(105-65(73)91)24-20-37-68(8)22-21-40(67(6,7)36(68)19-23-69(37,9)70(72,10)26-39(73)77)97-63-54(103-60-48(85)45(82)43(80)34(27-74)95-60)50(49(86)51(100-63)58(88)89)99-62-53(47(84)44(81)35(28-75)96-62)101-61-52(46(83)42(79)32(3)94-61)102-64-55(87)71(92,29-76)30-93-64/h11-18,32,34-40,42-57,60-65,74-77,79-87,91-92H,19-30H2,1-10H3,(H,88,89)/b18-17+,31-11-/t32-,34+,35+,36?,37?,38?,39+,40-,42-,43-,44-,45-,46+,47-,48+,49-,50-,51-,52+,53+,54+,55-,56-,57-,60-,61-,62-,63+,64-,65+,68-,69+,70-,71+,72-,73+/m0/s1. The number of aliphatic carboxylic acids is 1. The second kappa shape index (κ2) is 29.6. The van der Waals surface area contributed by atoms with Gasteiger partial charge >= 0.3 is 17.9 Å². The first-order valence-electron chi connectivity index (χ1n) is 36.5. The van der Waals surface area contributed by atoms with Crippen molar-refractivity contribution in [3.63, 3.8) is 0 Å². The van der Waals surface area contributed by atoms with E-state index in [-0.39, 0.29) is 24.7 Å². The van der Waals surface area contributed by atoms with E-state index in [0.717, 1.165) is 0 Å². The van der Waals surface area contributed by atoms with E-state index in [1.807, 2.05) is 58.0 Å². The number of carboxylic acids is 1. The van der Waals surface area contributed by atoms with Gasteiger partial charge in [0.25, 0.3) is 0 Å². The van der Waals surface area contributed by atoms with Gasteiger partial charge in [-0.15, -0.1) is 0 Å². The number of aliphatic hydroxyl groups is 15. The zero-order chi connectivity index (χ0) is 76.5. The number of allylic oxidation sites excluding steroid dienone is 1. The third kappa shape index (κ3) is 13.1. The smallest absolute Gasteiger partial charge is 0.335 e. The molecule has 6 saturated heterocycles. The van der Waals surface area contributed by atoms with E-state index in [1.165, 1.54) is 13.0 Å². The second-order valence-electron chi connectivity index (χ2n) is 33.3. The first kappa shape index (κ1) is 80.6. The van der Waals surface area contributed by atoms with Crippen LogP contribution in [0.25, 0.3) is 6.08 Å². The number of ether oxygens (including phenoxy) is 13. The molecule has 12 rings (SSSR count). The average molecular weight is 1500 g/mol. The quantitative estimate of drug-likeness (QED) is 0.0416. The van der Waals surface area contributed by atoms with Crippen LogP contribution >= 0.6 is 0 Å². The topological polar surface area (TPSA) is 495 Å². The maximum Gasteiger partial charge on any atom is 0.335 e. The molecule has 36 atom stereocenters. The van der Waals surface area contributed by atoms with Crippen molar-refractivity contribution in [1.29, 1.82) is 0 Å². The third-order valence-electron chi connectivity index (χ3n) is 27.1. The molecule has 11 aliphatic rings. The molecule has 0 aromatic heterocycles. The first-order valence-corrected chi connectivity index (χ1v) is 36.5. The van der Waals surface area contributed by atoms with Gasteiger partial charge in [-0.05, 0) is 112 Å². The van der Waals surface area contributed by atoms with Crippen LogP contribution < -0.4 is 0 Å². The lowest BCUT2D eigenvalue weighted by molar-refractivity contribution is -0.409. The van der Waals surface area contributed by atoms with Crippen molar-refractivity contribution in [2.24, 2.45) is 50.2 Å². The number of aliphatic hydroxyl groups excluding tert-OH is 14. The number of hydrogen-bond donors (Lipinski definition) is 16. The number of fused-ring (bicyclic) bond motifs is 4. The molecule has 105 heavy (non-hydrogen) atoms. The lowest BCUT2D eigenvalue weighted by Gasteiger charge is -2.75. The van der Waals surface area contributed by atoms with E-state index in [9.17, 15) is 96.1 Å². The van der Waals surface area contributed by atoms with Crippen LogP contribution in [0.3, 0.4) is 0 Å². The summed E-state index contributed by atoms with van der Waals surface area (Å²) in [5, 5.41) is 182. The SMILES string of the molecule is C/C=C(/C)C(=O)O[C@H]1[C@H](OC(=O)/C=C/c2ccccc2)[C@@]23C(CC1(C)C)[C@]1(CCC4[C@@]5(C)CC[C@H](O[C@@H]6O[C@H](C(=O)O)[C@@H](O)[C@H](O[C@@H]7O[C@H](CO)[C@H](O)[C@H](O)[C@H]7O[C@@H]7O[C@@H](C)[C@H](O)[C@@H](O)[C@H]7O[C@@H]7OC[C@](O)(CO)[C@H]7O)[C@H]6O[C@@H]6O[C@H](CO)[C@H](O)[C@H](O)[C@H]6O)C(C)(C)C5CC[C@@]4(C)[C@]1(C)C[C@H]2O)O[C@H]3O. The van der Waals surface area contributed by atoms with E-state index in [4.69, 9.17) is 61.6 Å². The van der Waals surface area contributed by atoms with Crippen molar-refractivity contribution in [1.82, 2.24) is 0 Å². The maximum atomic E-state index is 14.3. The lowest BCUT2D eigenvalue weighted by atomic mass is 9.30. The van der Waals surface area contributed by atoms with Crippen LogP contribution in [0.1, 0.15) is 126 Å². The van der Waals surface area contributed by atoms with Crippen LogP contribution in [0.15, 0.2) is 48.1 Å². The number of carboxylic acid groups (broad SMARTS) is 1. The number of benzene rings is 1. The number of carbonyl (C=O) groups is 3. The molecule has 5 saturated carbocycles. The summed E-state index contributed by atoms with van der Waals surface area (Å²) in [5.41, 5.74) is -7.97. The van der Waals surface area contributed by atoms with Gasteiger partial charge in [0, 0.05) is 28.4 Å². The van der Waals surface area contributed by atoms with Crippen LogP contribution in [0.5, 0.6) is 0 Å². The highest BCUT2D eigenvalue weighted by Crippen LogP contribution is 2.82. The Bertz CT molecular complexity index is 3320. The normalized spacial score (nSPS) is 50.8. The minimum atomic E-state index is -2.37. The van der Waals surface area contributed by atoms with Crippen molar-refractivity contribution in [2.45, 2.75) is 298 Å². The van der Waals surface area contributed by atoms with Gasteiger partial charge in [-0.25, -0.2) is 14.4 Å². The fourth-order valence-corrected chi connectivity index (χ4v) is 20.9. The molecule has 11 fully saturated rings. The van der Waals surface area contributed by atoms with Crippen LogP contribution in [0, 0.1) is 50.2 Å². The van der Waals surface area contributed by atoms with Crippen LogP contribution in [0.4, 0.5) is 0 Å². The number of hydrogen-bond acceptors (Lipinski definition) is 31. The Morgan fingerprint density at radius 3 is 1.82 bits per heavy atom. The summed E-state index contributed by atoms with van der Waals surface area (Å²) in [6, 6.07) is 9.10. The Kier molecular flexibility index (Phi) is 22.7. The molecule has 32 heteroatoms. The molecule has 3 unspecified atom stereocenters. The summed E-state index contributed by atoms with van der Waals surface area (Å²) >= 11 is 0. The average Bonchev–Trinajstić information content (AvgIpc) is 1.45. The highest BCUT2D eigenvalue weighted by Gasteiger charge is 2.86. The molecule has 16 N–H and O–H groups in total. The summed E-state index contributed by atoms with van der Waals surface area (Å²) in [5.74, 6) is -4.19. The lowest BCUT2D eigenvalue weighted by Crippen LogP contribution is -2.77. The predicted molar refractivity (Wildman–Crippen MR) is 355 cm³/mol. The van der Waals surface area contributed by atoms with Crippen molar-refractivity contribution in [2.75, 3.05) is 26.4 Å². The number of carbonyl (C=O) groups excluding carboxylic acids is 2. The number of rotatable bonds is 19. The van der Waals surface area contributed by atoms with Gasteiger partial charge in [-0.2, -0.15) is 0 Å². The molecule has 1 aromatic carbocycles. The Labute approximate surface area is 607 Å². The molecule has 6 heterocycles. The van der Waals surface area contributed by atoms with Gasteiger partial charge in [-0.3, -0.25) is 0 Å². The summed E-state index contributed by atoms with van der Waals surface area (Å²) in [6.07, 6.45) is -42.6. The van der Waals surface area contributed by atoms with Gasteiger partial charge < -0.3 is 143 Å². The molecule has 1 aromatic rings. The molecule has 592 valence electrons. The van der Waals surface area contributed by atoms with E-state index < -0.39 is 260 Å². The molecule has 6 aliphatic heterocycles. The highest BCUT2D eigenvalue weighted by atomic mass is 16.8. The molecule has 5 aliphatic carbocycles. The zero-order valence-electron chi connectivity index (χ0n) is 60.6. The van der Waals surface area contributed by atoms with Crippen LogP contribution in [-0.4, -0.2) is 303 Å². The molecule has 0 amide bonds. The summed E-state index contributed by atoms with van der Waals surface area (Å²) in [7, 11) is 0. The largest absolute Gasteiger partial charge is 0.479 e. The van der Waals surface area contributed by atoms with Crippen molar-refractivity contribution in [3.05, 3.63) is 53.6 Å². The van der Waals surface area contributed by atoms with E-state index >= 15 is 0 Å². The molecule has 1 spiro atoms. The van der Waals surface area contributed by atoms with E-state index in [0.29, 0.717) is 49.7 Å². The zero-order valence-corrected chi connectivity index (χ0v) is 60.6. The highest BCUT2D eigenvalue weighted by molar-refractivity contribution is 5.88. The Hall–Kier alpha value is -3.93. The Balaban J connectivity index is 0.855. The molecular weight excluding hydrogens is 1390 g/mol. The second-order valence-corrected chi connectivity index (χ2v) is 33.3. The number of esters is 2. The first-order chi connectivity index (χ1) is 49.3. The van der Waals surface area contributed by atoms with Gasteiger partial charge in [0.05, 0.1) is 55.8 Å². The minimum absolute atomic E-state index is 0.0919. The maximum absolute atomic E-state index is 14.3. The molecule has 2 bridgehead atoms. The monoisotopic (exact) mass is 1500 g/mol. The van der Waals surface area contributed by atoms with Crippen molar-refractivity contribution in [3.8, 4) is 0 Å². The van der Waals surface area contributed by atoms with Crippen molar-refractivity contribution < 1.29 is 158 Å². The predicted octanol–water partition coefficient (Wildman–Crippen LogP) is -1.72. The summed E-state index contributed by atoms with van der Waals surface area (Å²) in [6.45, 7) is 15.4.